The molecule has 0 amide bonds. The summed E-state index contributed by atoms with van der Waals surface area (Å²) in [5, 5.41) is 0. The molecule has 2 rings (SSSR count). The van der Waals surface area contributed by atoms with Crippen molar-refractivity contribution in [3.8, 4) is 0 Å². The van der Waals surface area contributed by atoms with Gasteiger partial charge < -0.3 is 4.74 Å². The van der Waals surface area contributed by atoms with Gasteiger partial charge in [0.2, 0.25) is 0 Å². The van der Waals surface area contributed by atoms with Crippen molar-refractivity contribution in [2.75, 3.05) is 26.3 Å². The molecule has 0 unspecified atom stereocenters. The maximum atomic E-state index is 10.6. The van der Waals surface area contributed by atoms with E-state index < -0.39 is 0 Å². The topological polar surface area (TPSA) is 29.5 Å². The van der Waals surface area contributed by atoms with Crippen LogP contribution in [0.3, 0.4) is 0 Å². The van der Waals surface area contributed by atoms with Gasteiger partial charge in [-0.1, -0.05) is 18.2 Å². The number of hydrogen-bond donors (Lipinski definition) is 0. The number of ether oxygens (including phenoxy) is 1. The zero-order chi connectivity index (χ0) is 10.5. The molecule has 1 aromatic rings. The molecule has 0 bridgehead atoms. The molecule has 0 aliphatic carbocycles. The summed E-state index contributed by atoms with van der Waals surface area (Å²) in [6.45, 7) is 4.49. The first-order chi connectivity index (χ1) is 7.38. The number of carbonyl (C=O) groups excluding carboxylic acids is 1. The van der Waals surface area contributed by atoms with Crippen molar-refractivity contribution in [1.29, 1.82) is 0 Å². The molecule has 0 saturated carbocycles. The van der Waals surface area contributed by atoms with Crippen LogP contribution in [0.1, 0.15) is 15.9 Å². The zero-order valence-electron chi connectivity index (χ0n) is 8.69. The molecule has 0 spiro atoms. The molecule has 1 heterocycles. The third-order valence-corrected chi connectivity index (χ3v) is 2.60. The van der Waals surface area contributed by atoms with Gasteiger partial charge in [-0.3, -0.25) is 9.69 Å². The van der Waals surface area contributed by atoms with Gasteiger partial charge in [0.05, 0.1) is 13.2 Å². The van der Waals surface area contributed by atoms with E-state index in [-0.39, 0.29) is 0 Å². The maximum Gasteiger partial charge on any atom is 0.150 e. The van der Waals surface area contributed by atoms with Gasteiger partial charge in [-0.15, -0.1) is 0 Å². The van der Waals surface area contributed by atoms with Crippen molar-refractivity contribution in [1.82, 2.24) is 4.90 Å². The average Bonchev–Trinajstić information content (AvgIpc) is 2.31. The lowest BCUT2D eigenvalue weighted by Gasteiger charge is -2.26. The van der Waals surface area contributed by atoms with Gasteiger partial charge in [-0.05, 0) is 11.6 Å². The standard InChI is InChI=1S/C12H15NO2/c14-10-12-3-1-2-11(8-12)9-13-4-6-15-7-5-13/h1-3,8,10H,4-7,9H2. The van der Waals surface area contributed by atoms with Crippen molar-refractivity contribution in [3.63, 3.8) is 0 Å². The number of nitrogens with zero attached hydrogens (tertiary/aromatic N) is 1. The Balaban J connectivity index is 1.99. The highest BCUT2D eigenvalue weighted by atomic mass is 16.5. The normalized spacial score (nSPS) is 17.6. The van der Waals surface area contributed by atoms with E-state index in [1.165, 1.54) is 5.56 Å². The summed E-state index contributed by atoms with van der Waals surface area (Å²) in [5.41, 5.74) is 1.95. The molecule has 1 aromatic carbocycles. The Kier molecular flexibility index (Phi) is 3.48. The molecule has 1 saturated heterocycles. The van der Waals surface area contributed by atoms with Gasteiger partial charge >= 0.3 is 0 Å². The Hall–Kier alpha value is -1.19. The summed E-state index contributed by atoms with van der Waals surface area (Å²) in [6, 6.07) is 7.76. The largest absolute Gasteiger partial charge is 0.379 e. The van der Waals surface area contributed by atoms with E-state index in [2.05, 4.69) is 11.0 Å². The van der Waals surface area contributed by atoms with Gasteiger partial charge in [0.15, 0.2) is 0 Å². The summed E-state index contributed by atoms with van der Waals surface area (Å²) in [6.07, 6.45) is 0.892. The highest BCUT2D eigenvalue weighted by molar-refractivity contribution is 5.74. The van der Waals surface area contributed by atoms with Gasteiger partial charge in [0.1, 0.15) is 6.29 Å². The number of morpholine rings is 1. The van der Waals surface area contributed by atoms with E-state index in [9.17, 15) is 4.79 Å². The Morgan fingerprint density at radius 3 is 2.87 bits per heavy atom. The van der Waals surface area contributed by atoms with Crippen LogP contribution in [-0.4, -0.2) is 37.5 Å². The van der Waals surface area contributed by atoms with Crippen molar-refractivity contribution < 1.29 is 9.53 Å². The second-order valence-electron chi connectivity index (χ2n) is 3.75. The summed E-state index contributed by atoms with van der Waals surface area (Å²) >= 11 is 0. The van der Waals surface area contributed by atoms with E-state index in [1.54, 1.807) is 0 Å². The highest BCUT2D eigenvalue weighted by Gasteiger charge is 2.10. The summed E-state index contributed by atoms with van der Waals surface area (Å²) in [5.74, 6) is 0. The monoisotopic (exact) mass is 205 g/mol. The van der Waals surface area contributed by atoms with E-state index >= 15 is 0 Å². The van der Waals surface area contributed by atoms with Crippen LogP contribution in [0.2, 0.25) is 0 Å². The van der Waals surface area contributed by atoms with Crippen LogP contribution < -0.4 is 0 Å². The summed E-state index contributed by atoms with van der Waals surface area (Å²) < 4.78 is 5.28. The first-order valence-corrected chi connectivity index (χ1v) is 5.23. The predicted molar refractivity (Wildman–Crippen MR) is 57.9 cm³/mol. The minimum absolute atomic E-state index is 0.751. The van der Waals surface area contributed by atoms with Gasteiger partial charge in [0, 0.05) is 25.2 Å². The molecule has 3 nitrogen and oxygen atoms in total. The quantitative estimate of drug-likeness (QED) is 0.697. The van der Waals surface area contributed by atoms with Crippen molar-refractivity contribution in [3.05, 3.63) is 35.4 Å². The molecule has 15 heavy (non-hydrogen) atoms. The van der Waals surface area contributed by atoms with Crippen LogP contribution in [-0.2, 0) is 11.3 Å². The lowest BCUT2D eigenvalue weighted by Crippen LogP contribution is -2.35. The van der Waals surface area contributed by atoms with Crippen LogP contribution in [0.25, 0.3) is 0 Å². The van der Waals surface area contributed by atoms with E-state index in [1.807, 2.05) is 18.2 Å². The molecular weight excluding hydrogens is 190 g/mol. The Morgan fingerprint density at radius 1 is 1.33 bits per heavy atom. The van der Waals surface area contributed by atoms with Gasteiger partial charge in [-0.25, -0.2) is 0 Å². The van der Waals surface area contributed by atoms with E-state index in [0.29, 0.717) is 0 Å². The molecule has 3 heteroatoms. The number of carbonyl (C=O) groups is 1. The average molecular weight is 205 g/mol. The van der Waals surface area contributed by atoms with Crippen LogP contribution in [0, 0.1) is 0 Å². The van der Waals surface area contributed by atoms with Crippen molar-refractivity contribution in [2.24, 2.45) is 0 Å². The highest BCUT2D eigenvalue weighted by Crippen LogP contribution is 2.08. The fourth-order valence-corrected chi connectivity index (χ4v) is 1.78. The third kappa shape index (κ3) is 2.88. The van der Waals surface area contributed by atoms with Crippen LogP contribution >= 0.6 is 0 Å². The molecule has 80 valence electrons. The Bertz CT molecular complexity index is 332. The molecule has 0 radical (unpaired) electrons. The Labute approximate surface area is 89.7 Å². The lowest BCUT2D eigenvalue weighted by molar-refractivity contribution is 0.0342. The molecule has 0 aromatic heterocycles. The maximum absolute atomic E-state index is 10.6. The van der Waals surface area contributed by atoms with Crippen LogP contribution in [0.5, 0.6) is 0 Å². The van der Waals surface area contributed by atoms with Crippen LogP contribution in [0.15, 0.2) is 24.3 Å². The number of benzene rings is 1. The minimum atomic E-state index is 0.751. The van der Waals surface area contributed by atoms with Crippen LogP contribution in [0.4, 0.5) is 0 Å². The Morgan fingerprint density at radius 2 is 2.13 bits per heavy atom. The number of aldehydes is 1. The molecule has 1 fully saturated rings. The predicted octanol–water partition coefficient (Wildman–Crippen LogP) is 1.33. The van der Waals surface area contributed by atoms with E-state index in [4.69, 9.17) is 4.74 Å². The lowest BCUT2D eigenvalue weighted by atomic mass is 10.1. The SMILES string of the molecule is O=Cc1cccc(CN2CCOCC2)c1. The fourth-order valence-electron chi connectivity index (χ4n) is 1.78. The zero-order valence-corrected chi connectivity index (χ0v) is 8.69. The van der Waals surface area contributed by atoms with Gasteiger partial charge in [-0.2, -0.15) is 0 Å². The second kappa shape index (κ2) is 5.05. The molecule has 0 N–H and O–H groups in total. The fraction of sp³-hybridized carbons (Fsp3) is 0.417. The summed E-state index contributed by atoms with van der Waals surface area (Å²) in [7, 11) is 0. The smallest absolute Gasteiger partial charge is 0.150 e. The first kappa shape index (κ1) is 10.3. The molecular formula is C12H15NO2. The minimum Gasteiger partial charge on any atom is -0.379 e. The van der Waals surface area contributed by atoms with Gasteiger partial charge in [0.25, 0.3) is 0 Å². The molecule has 0 atom stereocenters. The summed E-state index contributed by atoms with van der Waals surface area (Å²) in [4.78, 5) is 13.0. The first-order valence-electron chi connectivity index (χ1n) is 5.23. The molecule has 1 aliphatic heterocycles. The van der Waals surface area contributed by atoms with Crippen molar-refractivity contribution >= 4 is 6.29 Å². The van der Waals surface area contributed by atoms with E-state index in [0.717, 1.165) is 44.7 Å². The number of hydrogen-bond acceptors (Lipinski definition) is 3. The van der Waals surface area contributed by atoms with Crippen molar-refractivity contribution in [2.45, 2.75) is 6.54 Å². The second-order valence-corrected chi connectivity index (χ2v) is 3.75. The number of rotatable bonds is 3. The molecule has 1 aliphatic rings. The third-order valence-electron chi connectivity index (χ3n) is 2.60.